The van der Waals surface area contributed by atoms with E-state index < -0.39 is 0 Å². The zero-order valence-corrected chi connectivity index (χ0v) is 12.5. The number of benzene rings is 2. The highest BCUT2D eigenvalue weighted by molar-refractivity contribution is 9.10. The van der Waals surface area contributed by atoms with Crippen molar-refractivity contribution >= 4 is 32.7 Å². The van der Waals surface area contributed by atoms with Crippen LogP contribution in [0.2, 0.25) is 0 Å². The number of rotatable bonds is 2. The molecule has 0 unspecified atom stereocenters. The van der Waals surface area contributed by atoms with Gasteiger partial charge >= 0.3 is 5.69 Å². The third kappa shape index (κ3) is 2.42. The molecule has 0 saturated carbocycles. The Morgan fingerprint density at radius 1 is 1.10 bits per heavy atom. The predicted octanol–water partition coefficient (Wildman–Crippen LogP) is 3.30. The minimum atomic E-state index is -0.381. The number of H-pyrrole nitrogens is 2. The van der Waals surface area contributed by atoms with Crippen molar-refractivity contribution in [3.63, 3.8) is 0 Å². The SMILES string of the molecule is Cc1cc(F)ccc1C(=O)c1cc2[nH]c(=O)[nH]c2cc1Br. The Hall–Kier alpha value is -2.21. The van der Waals surface area contributed by atoms with Gasteiger partial charge in [0.25, 0.3) is 0 Å². The normalized spacial score (nSPS) is 11.0. The van der Waals surface area contributed by atoms with Crippen molar-refractivity contribution < 1.29 is 9.18 Å². The summed E-state index contributed by atoms with van der Waals surface area (Å²) in [6, 6.07) is 7.30. The molecule has 1 heterocycles. The van der Waals surface area contributed by atoms with Crippen LogP contribution in [0.3, 0.4) is 0 Å². The first-order valence-corrected chi connectivity index (χ1v) is 6.97. The van der Waals surface area contributed by atoms with E-state index >= 15 is 0 Å². The number of carbonyl (C=O) groups is 1. The molecule has 21 heavy (non-hydrogen) atoms. The van der Waals surface area contributed by atoms with Crippen molar-refractivity contribution in [2.45, 2.75) is 6.92 Å². The fourth-order valence-electron chi connectivity index (χ4n) is 2.26. The number of aromatic nitrogens is 2. The molecule has 0 amide bonds. The van der Waals surface area contributed by atoms with Gasteiger partial charge in [-0.2, -0.15) is 0 Å². The van der Waals surface area contributed by atoms with Crippen LogP contribution in [-0.2, 0) is 0 Å². The molecule has 0 spiro atoms. The van der Waals surface area contributed by atoms with E-state index in [9.17, 15) is 14.0 Å². The van der Waals surface area contributed by atoms with Crippen molar-refractivity contribution in [1.29, 1.82) is 0 Å². The van der Waals surface area contributed by atoms with Crippen LogP contribution in [0.4, 0.5) is 4.39 Å². The smallest absolute Gasteiger partial charge is 0.306 e. The van der Waals surface area contributed by atoms with E-state index in [0.29, 0.717) is 32.2 Å². The van der Waals surface area contributed by atoms with E-state index in [1.165, 1.54) is 18.2 Å². The van der Waals surface area contributed by atoms with Crippen LogP contribution in [0, 0.1) is 12.7 Å². The monoisotopic (exact) mass is 348 g/mol. The van der Waals surface area contributed by atoms with E-state index in [2.05, 4.69) is 25.9 Å². The van der Waals surface area contributed by atoms with Crippen molar-refractivity contribution in [1.82, 2.24) is 9.97 Å². The predicted molar refractivity (Wildman–Crippen MR) is 81.2 cm³/mol. The second-order valence-corrected chi connectivity index (χ2v) is 5.60. The summed E-state index contributed by atoms with van der Waals surface area (Å²) in [4.78, 5) is 29.1. The quantitative estimate of drug-likeness (QED) is 0.698. The summed E-state index contributed by atoms with van der Waals surface area (Å²) in [6.45, 7) is 1.68. The third-order valence-corrected chi connectivity index (χ3v) is 3.94. The molecule has 0 fully saturated rings. The summed E-state index contributed by atoms with van der Waals surface area (Å²) in [5.41, 5.74) is 2.22. The van der Waals surface area contributed by atoms with Crippen molar-refractivity contribution in [3.05, 3.63) is 67.8 Å². The van der Waals surface area contributed by atoms with Gasteiger partial charge in [-0.25, -0.2) is 9.18 Å². The molecule has 0 atom stereocenters. The lowest BCUT2D eigenvalue weighted by Gasteiger charge is -2.07. The Balaban J connectivity index is 2.16. The Morgan fingerprint density at radius 3 is 2.43 bits per heavy atom. The number of aromatic amines is 2. The number of fused-ring (bicyclic) bond motifs is 1. The lowest BCUT2D eigenvalue weighted by atomic mass is 9.99. The minimum absolute atomic E-state index is 0.233. The van der Waals surface area contributed by atoms with Crippen LogP contribution in [0.25, 0.3) is 11.0 Å². The second kappa shape index (κ2) is 4.96. The van der Waals surface area contributed by atoms with Gasteiger partial charge in [-0.15, -0.1) is 0 Å². The molecule has 2 aromatic carbocycles. The van der Waals surface area contributed by atoms with Gasteiger partial charge in [0, 0.05) is 15.6 Å². The zero-order valence-electron chi connectivity index (χ0n) is 11.0. The molecular formula is C15H10BrFN2O2. The summed E-state index contributed by atoms with van der Waals surface area (Å²) in [6.07, 6.45) is 0. The van der Waals surface area contributed by atoms with E-state index in [-0.39, 0.29) is 17.3 Å². The summed E-state index contributed by atoms with van der Waals surface area (Å²) >= 11 is 3.33. The molecule has 1 aromatic heterocycles. The van der Waals surface area contributed by atoms with Gasteiger partial charge in [0.2, 0.25) is 0 Å². The highest BCUT2D eigenvalue weighted by atomic mass is 79.9. The van der Waals surface area contributed by atoms with Crippen molar-refractivity contribution in [2.24, 2.45) is 0 Å². The number of ketones is 1. The number of hydrogen-bond acceptors (Lipinski definition) is 2. The molecule has 0 saturated heterocycles. The van der Waals surface area contributed by atoms with Crippen LogP contribution in [-0.4, -0.2) is 15.8 Å². The van der Waals surface area contributed by atoms with Crippen LogP contribution >= 0.6 is 15.9 Å². The molecule has 0 bridgehead atoms. The van der Waals surface area contributed by atoms with E-state index in [4.69, 9.17) is 0 Å². The van der Waals surface area contributed by atoms with E-state index in [1.807, 2.05) is 0 Å². The number of nitrogens with one attached hydrogen (secondary N) is 2. The zero-order chi connectivity index (χ0) is 15.1. The molecule has 3 aromatic rings. The minimum Gasteiger partial charge on any atom is -0.306 e. The van der Waals surface area contributed by atoms with Gasteiger partial charge < -0.3 is 9.97 Å². The number of aryl methyl sites for hydroxylation is 1. The summed E-state index contributed by atoms with van der Waals surface area (Å²) in [7, 11) is 0. The molecule has 0 aliphatic rings. The number of hydrogen-bond donors (Lipinski definition) is 2. The first kappa shape index (κ1) is 13.8. The molecule has 2 N–H and O–H groups in total. The van der Waals surface area contributed by atoms with Crippen LogP contribution in [0.5, 0.6) is 0 Å². The maximum atomic E-state index is 13.1. The summed E-state index contributed by atoms with van der Waals surface area (Å²) in [5.74, 6) is -0.614. The molecule has 0 radical (unpaired) electrons. The first-order chi connectivity index (χ1) is 9.95. The van der Waals surface area contributed by atoms with Gasteiger partial charge in [-0.1, -0.05) is 0 Å². The third-order valence-electron chi connectivity index (χ3n) is 3.28. The maximum absolute atomic E-state index is 13.1. The molecular weight excluding hydrogens is 339 g/mol. The van der Waals surface area contributed by atoms with Gasteiger partial charge in [0.1, 0.15) is 5.82 Å². The lowest BCUT2D eigenvalue weighted by Crippen LogP contribution is -2.05. The fraction of sp³-hybridized carbons (Fsp3) is 0.0667. The van der Waals surface area contributed by atoms with Crippen molar-refractivity contribution in [2.75, 3.05) is 0 Å². The van der Waals surface area contributed by atoms with E-state index in [1.54, 1.807) is 19.1 Å². The number of carbonyl (C=O) groups excluding carboxylic acids is 1. The molecule has 106 valence electrons. The highest BCUT2D eigenvalue weighted by Crippen LogP contribution is 2.25. The topological polar surface area (TPSA) is 65.7 Å². The van der Waals surface area contributed by atoms with Crippen molar-refractivity contribution in [3.8, 4) is 0 Å². The molecule has 0 aliphatic heterocycles. The molecule has 6 heteroatoms. The number of halogens is 2. The van der Waals surface area contributed by atoms with Gasteiger partial charge in [0.15, 0.2) is 5.78 Å². The molecule has 0 aliphatic carbocycles. The van der Waals surface area contributed by atoms with Crippen LogP contribution < -0.4 is 5.69 Å². The van der Waals surface area contributed by atoms with Gasteiger partial charge in [-0.05, 0) is 58.7 Å². The van der Waals surface area contributed by atoms with Crippen LogP contribution in [0.1, 0.15) is 21.5 Å². The van der Waals surface area contributed by atoms with Gasteiger partial charge in [0.05, 0.1) is 11.0 Å². The average molecular weight is 349 g/mol. The highest BCUT2D eigenvalue weighted by Gasteiger charge is 2.16. The fourth-order valence-corrected chi connectivity index (χ4v) is 2.78. The Bertz CT molecular complexity index is 927. The Kier molecular flexibility index (Phi) is 3.25. The number of imidazole rings is 1. The first-order valence-electron chi connectivity index (χ1n) is 6.18. The summed E-state index contributed by atoms with van der Waals surface area (Å²) < 4.78 is 13.7. The molecule has 3 rings (SSSR count). The van der Waals surface area contributed by atoms with Gasteiger partial charge in [-0.3, -0.25) is 4.79 Å². The Morgan fingerprint density at radius 2 is 1.76 bits per heavy atom. The van der Waals surface area contributed by atoms with Crippen LogP contribution in [0.15, 0.2) is 39.6 Å². The largest absolute Gasteiger partial charge is 0.323 e. The lowest BCUT2D eigenvalue weighted by molar-refractivity contribution is 0.103. The standard InChI is InChI=1S/C15H10BrFN2O2/c1-7-4-8(17)2-3-9(7)14(20)10-5-12-13(6-11(10)16)19-15(21)18-12/h2-6H,1H3,(H2,18,19,21). The second-order valence-electron chi connectivity index (χ2n) is 4.75. The van der Waals surface area contributed by atoms with E-state index in [0.717, 1.165) is 0 Å². The maximum Gasteiger partial charge on any atom is 0.323 e. The summed E-state index contributed by atoms with van der Waals surface area (Å²) in [5, 5.41) is 0. The Labute approximate surface area is 127 Å². The average Bonchev–Trinajstić information content (AvgIpc) is 2.76. The molecule has 4 nitrogen and oxygen atoms in total.